The van der Waals surface area contributed by atoms with Crippen LogP contribution in [0.15, 0.2) is 54.6 Å². The summed E-state index contributed by atoms with van der Waals surface area (Å²) in [6, 6.07) is 17.0. The normalized spacial score (nSPS) is 10.3. The zero-order valence-corrected chi connectivity index (χ0v) is 14.0. The molecule has 0 aliphatic heterocycles. The van der Waals surface area contributed by atoms with E-state index in [0.717, 1.165) is 5.56 Å². The molecule has 128 valence electrons. The molecule has 0 atom stereocenters. The van der Waals surface area contributed by atoms with Crippen LogP contribution in [-0.4, -0.2) is 45.2 Å². The Morgan fingerprint density at radius 2 is 1.84 bits per heavy atom. The Bertz CT molecular complexity index is 830. The van der Waals surface area contributed by atoms with Crippen molar-refractivity contribution in [2.45, 2.75) is 6.54 Å². The van der Waals surface area contributed by atoms with Gasteiger partial charge in [0.05, 0.1) is 6.54 Å². The first-order chi connectivity index (χ1) is 12.1. The summed E-state index contributed by atoms with van der Waals surface area (Å²) in [5, 5.41) is 14.3. The van der Waals surface area contributed by atoms with Crippen molar-refractivity contribution in [1.29, 1.82) is 0 Å². The molecule has 3 rings (SSSR count). The first-order valence-electron chi connectivity index (χ1n) is 7.68. The highest BCUT2D eigenvalue weighted by Crippen LogP contribution is 2.21. The van der Waals surface area contributed by atoms with Gasteiger partial charge in [-0.3, -0.25) is 0 Å². The molecule has 3 aromatic rings. The van der Waals surface area contributed by atoms with E-state index in [-0.39, 0.29) is 6.03 Å². The van der Waals surface area contributed by atoms with Crippen molar-refractivity contribution >= 4 is 11.7 Å². The van der Waals surface area contributed by atoms with E-state index in [1.165, 1.54) is 4.90 Å². The highest BCUT2D eigenvalue weighted by molar-refractivity contribution is 5.88. The number of nitrogens with zero attached hydrogens (tertiary/aromatic N) is 5. The molecule has 0 bridgehead atoms. The van der Waals surface area contributed by atoms with Crippen LogP contribution >= 0.6 is 0 Å². The molecular formula is C17H18N6O2. The van der Waals surface area contributed by atoms with Gasteiger partial charge in [-0.1, -0.05) is 35.4 Å². The maximum absolute atomic E-state index is 11.6. The summed E-state index contributed by atoms with van der Waals surface area (Å²) in [6.45, 7) is 0.514. The van der Waals surface area contributed by atoms with Crippen LogP contribution in [0.3, 0.4) is 0 Å². The van der Waals surface area contributed by atoms with E-state index in [0.29, 0.717) is 24.0 Å². The fraction of sp³-hybridized carbons (Fsp3) is 0.176. The lowest BCUT2D eigenvalue weighted by Crippen LogP contribution is -2.27. The third-order valence-corrected chi connectivity index (χ3v) is 3.40. The van der Waals surface area contributed by atoms with Crippen molar-refractivity contribution in [1.82, 2.24) is 25.1 Å². The zero-order chi connectivity index (χ0) is 17.6. The van der Waals surface area contributed by atoms with Crippen LogP contribution in [0.5, 0.6) is 11.8 Å². The van der Waals surface area contributed by atoms with Crippen molar-refractivity contribution in [3.8, 4) is 11.8 Å². The largest absolute Gasteiger partial charge is 0.423 e. The number of hydrogen-bond acceptors (Lipinski definition) is 5. The molecule has 8 nitrogen and oxygen atoms in total. The van der Waals surface area contributed by atoms with Gasteiger partial charge in [0.1, 0.15) is 5.75 Å². The molecule has 25 heavy (non-hydrogen) atoms. The molecule has 1 aromatic heterocycles. The molecule has 0 fully saturated rings. The highest BCUT2D eigenvalue weighted by atomic mass is 16.5. The lowest BCUT2D eigenvalue weighted by molar-refractivity contribution is 0.230. The van der Waals surface area contributed by atoms with Crippen LogP contribution in [0, 0.1) is 0 Å². The van der Waals surface area contributed by atoms with Gasteiger partial charge in [0, 0.05) is 19.8 Å². The predicted molar refractivity (Wildman–Crippen MR) is 92.6 cm³/mol. The van der Waals surface area contributed by atoms with Crippen molar-refractivity contribution in [2.24, 2.45) is 0 Å². The first-order valence-corrected chi connectivity index (χ1v) is 7.68. The second kappa shape index (κ2) is 7.43. The van der Waals surface area contributed by atoms with Crippen LogP contribution in [0.1, 0.15) is 5.56 Å². The topological polar surface area (TPSA) is 85.2 Å². The van der Waals surface area contributed by atoms with Gasteiger partial charge in [-0.25, -0.2) is 4.79 Å². The summed E-state index contributed by atoms with van der Waals surface area (Å²) < 4.78 is 7.31. The Labute approximate surface area is 145 Å². The number of ether oxygens (including phenoxy) is 1. The minimum atomic E-state index is -0.194. The Kier molecular flexibility index (Phi) is 4.89. The van der Waals surface area contributed by atoms with Gasteiger partial charge >= 0.3 is 12.0 Å². The predicted octanol–water partition coefficient (Wildman–Crippen LogP) is 2.61. The summed E-state index contributed by atoms with van der Waals surface area (Å²) in [7, 11) is 3.36. The Hall–Kier alpha value is -3.42. The maximum Gasteiger partial charge on any atom is 0.341 e. The molecule has 0 spiro atoms. The summed E-state index contributed by atoms with van der Waals surface area (Å²) in [4.78, 5) is 13.1. The molecule has 2 aromatic carbocycles. The summed E-state index contributed by atoms with van der Waals surface area (Å²) in [5.74, 6) is 0.576. The number of nitrogens with one attached hydrogen (secondary N) is 1. The summed E-state index contributed by atoms with van der Waals surface area (Å²) in [6.07, 6.45) is 0. The van der Waals surface area contributed by atoms with Gasteiger partial charge in [-0.05, 0) is 40.3 Å². The van der Waals surface area contributed by atoms with E-state index >= 15 is 0 Å². The van der Waals surface area contributed by atoms with Crippen molar-refractivity contribution in [3.05, 3.63) is 60.2 Å². The van der Waals surface area contributed by atoms with E-state index in [1.807, 2.05) is 30.3 Å². The second-order valence-electron chi connectivity index (χ2n) is 5.56. The molecule has 0 saturated carbocycles. The molecule has 0 saturated heterocycles. The Morgan fingerprint density at radius 1 is 1.12 bits per heavy atom. The minimum absolute atomic E-state index is 0.194. The molecule has 0 radical (unpaired) electrons. The van der Waals surface area contributed by atoms with E-state index in [4.69, 9.17) is 4.74 Å². The van der Waals surface area contributed by atoms with E-state index in [2.05, 4.69) is 20.8 Å². The van der Waals surface area contributed by atoms with Gasteiger partial charge < -0.3 is 15.0 Å². The average molecular weight is 338 g/mol. The molecule has 1 N–H and O–H groups in total. The number of tetrazole rings is 1. The summed E-state index contributed by atoms with van der Waals surface area (Å²) in [5.41, 5.74) is 1.75. The Morgan fingerprint density at radius 3 is 2.52 bits per heavy atom. The lowest BCUT2D eigenvalue weighted by Gasteiger charge is -2.12. The van der Waals surface area contributed by atoms with Gasteiger partial charge in [-0.2, -0.15) is 4.68 Å². The number of rotatable bonds is 5. The van der Waals surface area contributed by atoms with Crippen LogP contribution in [0.2, 0.25) is 0 Å². The van der Waals surface area contributed by atoms with E-state index in [1.54, 1.807) is 43.0 Å². The number of anilines is 1. The van der Waals surface area contributed by atoms with Gasteiger partial charge in [-0.15, -0.1) is 0 Å². The molecule has 8 heteroatoms. The number of carbonyl (C=O) groups is 1. The molecular weight excluding hydrogens is 320 g/mol. The number of aromatic nitrogens is 4. The van der Waals surface area contributed by atoms with Crippen LogP contribution in [0.4, 0.5) is 10.5 Å². The van der Waals surface area contributed by atoms with Crippen molar-refractivity contribution < 1.29 is 9.53 Å². The fourth-order valence-electron chi connectivity index (χ4n) is 2.07. The molecule has 1 heterocycles. The highest BCUT2D eigenvalue weighted by Gasteiger charge is 2.10. The first kappa shape index (κ1) is 16.4. The number of urea groups is 1. The monoisotopic (exact) mass is 338 g/mol. The SMILES string of the molecule is CN(C)C(=O)Nc1ccc(Oc2nnnn2Cc2ccccc2)cc1. The second-order valence-corrected chi connectivity index (χ2v) is 5.56. The van der Waals surface area contributed by atoms with Crippen LogP contribution in [-0.2, 0) is 6.54 Å². The van der Waals surface area contributed by atoms with E-state index in [9.17, 15) is 4.79 Å². The number of benzene rings is 2. The quantitative estimate of drug-likeness (QED) is 0.773. The van der Waals surface area contributed by atoms with Crippen molar-refractivity contribution in [3.63, 3.8) is 0 Å². The third-order valence-electron chi connectivity index (χ3n) is 3.40. The summed E-state index contributed by atoms with van der Waals surface area (Å²) >= 11 is 0. The molecule has 0 unspecified atom stereocenters. The third kappa shape index (κ3) is 4.31. The Balaban J connectivity index is 1.67. The number of carbonyl (C=O) groups excluding carboxylic acids is 1. The lowest BCUT2D eigenvalue weighted by atomic mass is 10.2. The van der Waals surface area contributed by atoms with Crippen LogP contribution < -0.4 is 10.1 Å². The smallest absolute Gasteiger partial charge is 0.341 e. The number of amides is 2. The van der Waals surface area contributed by atoms with E-state index < -0.39 is 0 Å². The molecule has 2 amide bonds. The fourth-order valence-corrected chi connectivity index (χ4v) is 2.07. The van der Waals surface area contributed by atoms with Crippen molar-refractivity contribution in [2.75, 3.05) is 19.4 Å². The zero-order valence-electron chi connectivity index (χ0n) is 14.0. The van der Waals surface area contributed by atoms with Gasteiger partial charge in [0.2, 0.25) is 0 Å². The standard InChI is InChI=1S/C17H18N6O2/c1-22(2)16(24)18-14-8-10-15(11-9-14)25-17-19-20-21-23(17)12-13-6-4-3-5-7-13/h3-11H,12H2,1-2H3,(H,18,24). The number of hydrogen-bond donors (Lipinski definition) is 1. The van der Waals surface area contributed by atoms with Gasteiger partial charge in [0.15, 0.2) is 0 Å². The maximum atomic E-state index is 11.6. The molecule has 0 aliphatic carbocycles. The molecule has 0 aliphatic rings. The minimum Gasteiger partial charge on any atom is -0.423 e. The van der Waals surface area contributed by atoms with Gasteiger partial charge in [0.25, 0.3) is 0 Å². The average Bonchev–Trinajstić information content (AvgIpc) is 3.04. The van der Waals surface area contributed by atoms with Crippen LogP contribution in [0.25, 0.3) is 0 Å².